The van der Waals surface area contributed by atoms with Crippen molar-refractivity contribution in [3.63, 3.8) is 0 Å². The number of amides is 1. The van der Waals surface area contributed by atoms with Crippen molar-refractivity contribution in [2.45, 2.75) is 58.5 Å². The Morgan fingerprint density at radius 2 is 1.35 bits per heavy atom. The standard InChI is InChI=1S/C44H49N3O2/c1-3-4-6-9-34-12-14-35(15-13-34)31-46-28-26-37(27-29-46)33-47(32-36-16-18-39(19-17-36)38-10-7-5-8-11-38)44(48)41-22-20-40(21-23-41)42-24-25-43(49-2)45-30-42/h5,7-8,10-25,30,37H,3-4,6,9,26-29,31-33H2,1-2H3. The van der Waals surface area contributed by atoms with Crippen LogP contribution in [0.5, 0.6) is 5.88 Å². The lowest BCUT2D eigenvalue weighted by atomic mass is 9.95. The van der Waals surface area contributed by atoms with Gasteiger partial charge < -0.3 is 9.64 Å². The van der Waals surface area contributed by atoms with E-state index in [1.165, 1.54) is 47.9 Å². The molecule has 4 aromatic carbocycles. The Labute approximate surface area is 292 Å². The topological polar surface area (TPSA) is 45.7 Å². The van der Waals surface area contributed by atoms with Gasteiger partial charge in [0, 0.05) is 43.0 Å². The second-order valence-electron chi connectivity index (χ2n) is 13.4. The summed E-state index contributed by atoms with van der Waals surface area (Å²) >= 11 is 0. The summed E-state index contributed by atoms with van der Waals surface area (Å²) in [5, 5.41) is 0. The van der Waals surface area contributed by atoms with Gasteiger partial charge >= 0.3 is 0 Å². The molecule has 5 heteroatoms. The quantitative estimate of drug-likeness (QED) is 0.112. The molecule has 1 amide bonds. The molecule has 2 heterocycles. The molecule has 0 radical (unpaired) electrons. The largest absolute Gasteiger partial charge is 0.481 e. The van der Waals surface area contributed by atoms with Gasteiger partial charge in [0.25, 0.3) is 5.91 Å². The number of unbranched alkanes of at least 4 members (excludes halogenated alkanes) is 2. The maximum Gasteiger partial charge on any atom is 0.254 e. The number of hydrogen-bond acceptors (Lipinski definition) is 4. The Bertz CT molecular complexity index is 1730. The molecule has 5 aromatic rings. The van der Waals surface area contributed by atoms with Crippen LogP contribution in [0.25, 0.3) is 22.3 Å². The fraction of sp³-hybridized carbons (Fsp3) is 0.318. The molecule has 0 N–H and O–H groups in total. The predicted molar refractivity (Wildman–Crippen MR) is 201 cm³/mol. The molecule has 0 atom stereocenters. The van der Waals surface area contributed by atoms with Gasteiger partial charge in [-0.3, -0.25) is 9.69 Å². The number of aryl methyl sites for hydroxylation is 1. The monoisotopic (exact) mass is 651 g/mol. The van der Waals surface area contributed by atoms with Crippen LogP contribution in [0.1, 0.15) is 66.1 Å². The second kappa shape index (κ2) is 17.1. The average molecular weight is 652 g/mol. The van der Waals surface area contributed by atoms with Gasteiger partial charge in [-0.2, -0.15) is 0 Å². The third-order valence-corrected chi connectivity index (χ3v) is 9.82. The first-order chi connectivity index (χ1) is 24.1. The molecule has 0 aliphatic carbocycles. The smallest absolute Gasteiger partial charge is 0.254 e. The zero-order valence-electron chi connectivity index (χ0n) is 29.1. The minimum absolute atomic E-state index is 0.0768. The highest BCUT2D eigenvalue weighted by Gasteiger charge is 2.25. The molecular formula is C44H49N3O2. The van der Waals surface area contributed by atoms with Crippen molar-refractivity contribution in [1.82, 2.24) is 14.8 Å². The maximum atomic E-state index is 14.1. The van der Waals surface area contributed by atoms with Crippen molar-refractivity contribution in [1.29, 1.82) is 0 Å². The van der Waals surface area contributed by atoms with Crippen molar-refractivity contribution in [2.24, 2.45) is 5.92 Å². The summed E-state index contributed by atoms with van der Waals surface area (Å²) in [5.74, 6) is 1.13. The normalized spacial score (nSPS) is 13.7. The highest BCUT2D eigenvalue weighted by atomic mass is 16.5. The van der Waals surface area contributed by atoms with E-state index in [9.17, 15) is 4.79 Å². The number of likely N-dealkylation sites (tertiary alicyclic amines) is 1. The highest BCUT2D eigenvalue weighted by molar-refractivity contribution is 5.94. The summed E-state index contributed by atoms with van der Waals surface area (Å²) in [5.41, 5.74) is 9.09. The summed E-state index contributed by atoms with van der Waals surface area (Å²) in [6.07, 6.45) is 9.00. The first-order valence-corrected chi connectivity index (χ1v) is 17.9. The lowest BCUT2D eigenvalue weighted by molar-refractivity contribution is 0.0672. The molecule has 0 bridgehead atoms. The molecule has 6 rings (SSSR count). The summed E-state index contributed by atoms with van der Waals surface area (Å²) in [6.45, 7) is 6.71. The van der Waals surface area contributed by atoms with Crippen LogP contribution in [0, 0.1) is 5.92 Å². The van der Waals surface area contributed by atoms with Gasteiger partial charge in [-0.25, -0.2) is 4.98 Å². The van der Waals surface area contributed by atoms with Gasteiger partial charge in [0.05, 0.1) is 7.11 Å². The van der Waals surface area contributed by atoms with E-state index in [4.69, 9.17) is 4.74 Å². The van der Waals surface area contributed by atoms with Crippen molar-refractivity contribution < 1.29 is 9.53 Å². The van der Waals surface area contributed by atoms with Crippen LogP contribution in [0.2, 0.25) is 0 Å². The molecule has 1 saturated heterocycles. The molecule has 1 aliphatic rings. The Morgan fingerprint density at radius 3 is 2.00 bits per heavy atom. The third-order valence-electron chi connectivity index (χ3n) is 9.82. The zero-order chi connectivity index (χ0) is 33.8. The van der Waals surface area contributed by atoms with E-state index in [1.807, 2.05) is 42.5 Å². The molecule has 1 aromatic heterocycles. The van der Waals surface area contributed by atoms with Crippen molar-refractivity contribution in [3.05, 3.63) is 144 Å². The van der Waals surface area contributed by atoms with Gasteiger partial charge in [0.1, 0.15) is 0 Å². The van der Waals surface area contributed by atoms with E-state index in [0.29, 0.717) is 23.9 Å². The number of benzene rings is 4. The Hall–Kier alpha value is -4.74. The van der Waals surface area contributed by atoms with Crippen molar-refractivity contribution >= 4 is 5.91 Å². The number of methoxy groups -OCH3 is 1. The Morgan fingerprint density at radius 1 is 0.735 bits per heavy atom. The third kappa shape index (κ3) is 9.45. The summed E-state index contributed by atoms with van der Waals surface area (Å²) < 4.78 is 5.21. The fourth-order valence-corrected chi connectivity index (χ4v) is 6.82. The molecule has 0 unspecified atom stereocenters. The number of carbonyl (C=O) groups excluding carboxylic acids is 1. The van der Waals surface area contributed by atoms with Gasteiger partial charge in [-0.1, -0.05) is 111 Å². The highest BCUT2D eigenvalue weighted by Crippen LogP contribution is 2.26. The van der Waals surface area contributed by atoms with Crippen LogP contribution in [0.15, 0.2) is 121 Å². The zero-order valence-corrected chi connectivity index (χ0v) is 29.1. The van der Waals surface area contributed by atoms with E-state index < -0.39 is 0 Å². The number of pyridine rings is 1. The lowest BCUT2D eigenvalue weighted by Crippen LogP contribution is -2.40. The molecule has 0 spiro atoms. The molecule has 252 valence electrons. The van der Waals surface area contributed by atoms with Gasteiger partial charge in [0.15, 0.2) is 0 Å². The number of carbonyl (C=O) groups is 1. The van der Waals surface area contributed by atoms with Gasteiger partial charge in [0.2, 0.25) is 5.88 Å². The van der Waals surface area contributed by atoms with Crippen molar-refractivity contribution in [2.75, 3.05) is 26.7 Å². The Kier molecular flexibility index (Phi) is 11.9. The second-order valence-corrected chi connectivity index (χ2v) is 13.4. The summed E-state index contributed by atoms with van der Waals surface area (Å²) in [6, 6.07) is 40.1. The lowest BCUT2D eigenvalue weighted by Gasteiger charge is -2.35. The van der Waals surface area contributed by atoms with Gasteiger partial charge in [-0.15, -0.1) is 0 Å². The maximum absolute atomic E-state index is 14.1. The van der Waals surface area contributed by atoms with E-state index in [1.54, 1.807) is 13.3 Å². The number of hydrogen-bond donors (Lipinski definition) is 0. The van der Waals surface area contributed by atoms with E-state index in [-0.39, 0.29) is 5.91 Å². The van der Waals surface area contributed by atoms with Crippen LogP contribution < -0.4 is 4.74 Å². The number of nitrogens with zero attached hydrogens (tertiary/aromatic N) is 3. The SMILES string of the molecule is CCCCCc1ccc(CN2CCC(CN(Cc3ccc(-c4ccccc4)cc3)C(=O)c3ccc(-c4ccc(OC)nc4)cc3)CC2)cc1. The molecular weight excluding hydrogens is 603 g/mol. The molecule has 5 nitrogen and oxygen atoms in total. The van der Waals surface area contributed by atoms with E-state index in [0.717, 1.165) is 55.7 Å². The molecule has 1 aliphatic heterocycles. The number of ether oxygens (including phenoxy) is 1. The molecule has 0 saturated carbocycles. The summed E-state index contributed by atoms with van der Waals surface area (Å²) in [4.78, 5) is 23.1. The molecule has 1 fully saturated rings. The van der Waals surface area contributed by atoms with Crippen LogP contribution >= 0.6 is 0 Å². The van der Waals surface area contributed by atoms with Crippen LogP contribution in [0.4, 0.5) is 0 Å². The van der Waals surface area contributed by atoms with Crippen LogP contribution in [0.3, 0.4) is 0 Å². The first-order valence-electron chi connectivity index (χ1n) is 17.9. The first kappa shape index (κ1) is 34.1. The minimum atomic E-state index is 0.0768. The molecule has 49 heavy (non-hydrogen) atoms. The minimum Gasteiger partial charge on any atom is -0.481 e. The van der Waals surface area contributed by atoms with E-state index >= 15 is 0 Å². The Balaban J connectivity index is 1.11. The van der Waals surface area contributed by atoms with Crippen LogP contribution in [-0.2, 0) is 19.5 Å². The van der Waals surface area contributed by atoms with Gasteiger partial charge in [-0.05, 0) is 96.3 Å². The van der Waals surface area contributed by atoms with Crippen LogP contribution in [-0.4, -0.2) is 47.4 Å². The number of aromatic nitrogens is 1. The van der Waals surface area contributed by atoms with E-state index in [2.05, 4.69) is 94.5 Å². The average Bonchev–Trinajstić information content (AvgIpc) is 3.16. The number of piperidine rings is 1. The summed E-state index contributed by atoms with van der Waals surface area (Å²) in [7, 11) is 1.62. The number of rotatable bonds is 14. The van der Waals surface area contributed by atoms with Crippen molar-refractivity contribution in [3.8, 4) is 28.1 Å². The predicted octanol–water partition coefficient (Wildman–Crippen LogP) is 9.71. The fourth-order valence-electron chi connectivity index (χ4n) is 6.82.